The molecule has 3 amide bonds. The predicted molar refractivity (Wildman–Crippen MR) is 158 cm³/mol. The Morgan fingerprint density at radius 2 is 1.76 bits per heavy atom. The number of methoxy groups -OCH3 is 2. The van der Waals surface area contributed by atoms with Crippen LogP contribution < -0.4 is 25.0 Å². The lowest BCUT2D eigenvalue weighted by Gasteiger charge is -2.43. The maximum absolute atomic E-state index is 13.7. The number of hydrogen-bond acceptors (Lipinski definition) is 6. The number of carbonyl (C=O) groups excluding carboxylic acids is 2. The Kier molecular flexibility index (Phi) is 8.75. The third-order valence-electron chi connectivity index (χ3n) is 8.03. The molecule has 2 aliphatic rings. The highest BCUT2D eigenvalue weighted by molar-refractivity contribution is 6.12. The number of hydrogen-bond donors (Lipinski definition) is 3. The third-order valence-corrected chi connectivity index (χ3v) is 8.03. The van der Waals surface area contributed by atoms with Gasteiger partial charge in [0.15, 0.2) is 0 Å². The topological polar surface area (TPSA) is 103 Å². The molecular formula is C32H38N4O5. The van der Waals surface area contributed by atoms with E-state index in [1.54, 1.807) is 42.5 Å². The van der Waals surface area contributed by atoms with Crippen LogP contribution in [0.3, 0.4) is 0 Å². The van der Waals surface area contributed by atoms with Crippen LogP contribution >= 0.6 is 0 Å². The summed E-state index contributed by atoms with van der Waals surface area (Å²) in [7, 11) is 2.98. The van der Waals surface area contributed by atoms with Crippen molar-refractivity contribution in [2.75, 3.05) is 50.6 Å². The standard InChI is InChI=1S/C32H38N4O5/c1-40-25-13-14-28(29(22-25)41-2)36-31(38)34-27-12-7-6-11-26(27)32(36,39)30(37)33-17-8-18-35-19-15-24(16-20-35)21-23-9-4-3-5-10-23/h3-7,9-14,22,24,39H,8,15-21H2,1-2H3,(H,33,37)(H,34,38)/t32-/m1/s1. The highest BCUT2D eigenvalue weighted by Gasteiger charge is 2.52. The zero-order chi connectivity index (χ0) is 28.8. The van der Waals surface area contributed by atoms with Gasteiger partial charge in [0, 0.05) is 18.2 Å². The Labute approximate surface area is 241 Å². The van der Waals surface area contributed by atoms with Gasteiger partial charge in [0.1, 0.15) is 11.5 Å². The van der Waals surface area contributed by atoms with Gasteiger partial charge in [-0.15, -0.1) is 0 Å². The van der Waals surface area contributed by atoms with Crippen molar-refractivity contribution in [3.8, 4) is 11.5 Å². The number of anilines is 2. The molecule has 2 aliphatic heterocycles. The third kappa shape index (κ3) is 6.01. The van der Waals surface area contributed by atoms with Gasteiger partial charge in [-0.1, -0.05) is 48.5 Å². The van der Waals surface area contributed by atoms with E-state index in [2.05, 4.69) is 45.9 Å². The molecule has 3 aromatic rings. The molecule has 9 heteroatoms. The molecule has 9 nitrogen and oxygen atoms in total. The normalized spacial score (nSPS) is 19.3. The molecule has 41 heavy (non-hydrogen) atoms. The minimum absolute atomic E-state index is 0.233. The minimum Gasteiger partial charge on any atom is -0.497 e. The number of aliphatic hydroxyl groups is 1. The number of rotatable bonds is 10. The molecule has 0 unspecified atom stereocenters. The SMILES string of the molecule is COc1ccc(N2C(=O)Nc3ccccc3[C@@]2(O)C(=O)NCCCN2CCC(Cc3ccccc3)CC2)c(OC)c1. The molecule has 0 saturated carbocycles. The molecular weight excluding hydrogens is 520 g/mol. The summed E-state index contributed by atoms with van der Waals surface area (Å²) < 4.78 is 10.8. The number of likely N-dealkylation sites (tertiary alicyclic amines) is 1. The fraction of sp³-hybridized carbons (Fsp3) is 0.375. The maximum Gasteiger partial charge on any atom is 0.329 e. The number of piperidine rings is 1. The summed E-state index contributed by atoms with van der Waals surface area (Å²) in [6.07, 6.45) is 4.16. The summed E-state index contributed by atoms with van der Waals surface area (Å²) in [6.45, 7) is 3.29. The maximum atomic E-state index is 13.7. The lowest BCUT2D eigenvalue weighted by atomic mass is 9.90. The van der Waals surface area contributed by atoms with Gasteiger partial charge in [0.05, 0.1) is 25.6 Å². The number of amides is 3. The molecule has 3 aromatic carbocycles. The van der Waals surface area contributed by atoms with Crippen molar-refractivity contribution in [2.24, 2.45) is 5.92 Å². The molecule has 1 saturated heterocycles. The van der Waals surface area contributed by atoms with Crippen LogP contribution in [0.4, 0.5) is 16.2 Å². The molecule has 0 bridgehead atoms. The van der Waals surface area contributed by atoms with Crippen LogP contribution in [0, 0.1) is 5.92 Å². The fourth-order valence-corrected chi connectivity index (χ4v) is 5.80. The summed E-state index contributed by atoms with van der Waals surface area (Å²) in [6, 6.07) is 21.6. The lowest BCUT2D eigenvalue weighted by Crippen LogP contribution is -2.62. The molecule has 2 heterocycles. The smallest absolute Gasteiger partial charge is 0.329 e. The van der Waals surface area contributed by atoms with E-state index in [9.17, 15) is 14.7 Å². The van der Waals surface area contributed by atoms with E-state index >= 15 is 0 Å². The van der Waals surface area contributed by atoms with Crippen molar-refractivity contribution < 1.29 is 24.2 Å². The average Bonchev–Trinajstić information content (AvgIpc) is 3.00. The Morgan fingerprint density at radius 1 is 1.02 bits per heavy atom. The van der Waals surface area contributed by atoms with Gasteiger partial charge < -0.3 is 30.1 Å². The number of carbonyl (C=O) groups is 2. The Balaban J connectivity index is 1.24. The Hall–Kier alpha value is -4.08. The van der Waals surface area contributed by atoms with E-state index in [1.807, 2.05) is 0 Å². The first-order chi connectivity index (χ1) is 19.9. The van der Waals surface area contributed by atoms with Crippen LogP contribution in [0.15, 0.2) is 72.8 Å². The zero-order valence-electron chi connectivity index (χ0n) is 23.6. The van der Waals surface area contributed by atoms with Gasteiger partial charge in [0.25, 0.3) is 11.6 Å². The van der Waals surface area contributed by atoms with Crippen LogP contribution in [0.2, 0.25) is 0 Å². The first-order valence-electron chi connectivity index (χ1n) is 14.1. The predicted octanol–water partition coefficient (Wildman–Crippen LogP) is 4.36. The second-order valence-electron chi connectivity index (χ2n) is 10.6. The van der Waals surface area contributed by atoms with E-state index in [-0.39, 0.29) is 17.0 Å². The van der Waals surface area contributed by atoms with Crippen LogP contribution in [-0.2, 0) is 16.9 Å². The van der Waals surface area contributed by atoms with Crippen LogP contribution in [0.5, 0.6) is 11.5 Å². The second-order valence-corrected chi connectivity index (χ2v) is 10.6. The van der Waals surface area contributed by atoms with E-state index in [0.717, 1.165) is 50.2 Å². The summed E-state index contributed by atoms with van der Waals surface area (Å²) in [5.74, 6) is 0.807. The van der Waals surface area contributed by atoms with Crippen molar-refractivity contribution >= 4 is 23.3 Å². The molecule has 3 N–H and O–H groups in total. The Bertz CT molecular complexity index is 1360. The molecule has 1 atom stereocenters. The number of benzene rings is 3. The van der Waals surface area contributed by atoms with Crippen LogP contribution in [0.25, 0.3) is 0 Å². The van der Waals surface area contributed by atoms with E-state index in [4.69, 9.17) is 9.47 Å². The second kappa shape index (κ2) is 12.6. The van der Waals surface area contributed by atoms with Crippen molar-refractivity contribution in [1.29, 1.82) is 0 Å². The van der Waals surface area contributed by atoms with E-state index in [0.29, 0.717) is 23.9 Å². The molecule has 0 aromatic heterocycles. The van der Waals surface area contributed by atoms with Crippen molar-refractivity contribution in [1.82, 2.24) is 10.2 Å². The molecule has 216 valence electrons. The molecule has 0 spiro atoms. The van der Waals surface area contributed by atoms with E-state index < -0.39 is 17.7 Å². The molecule has 5 rings (SSSR count). The molecule has 1 fully saturated rings. The number of urea groups is 1. The highest BCUT2D eigenvalue weighted by Crippen LogP contribution is 2.43. The Morgan fingerprint density at radius 3 is 2.49 bits per heavy atom. The van der Waals surface area contributed by atoms with Crippen LogP contribution in [-0.4, -0.2) is 62.3 Å². The minimum atomic E-state index is -2.30. The fourth-order valence-electron chi connectivity index (χ4n) is 5.80. The first kappa shape index (κ1) is 28.4. The van der Waals surface area contributed by atoms with Gasteiger partial charge in [0.2, 0.25) is 0 Å². The van der Waals surface area contributed by atoms with Gasteiger partial charge in [-0.25, -0.2) is 9.69 Å². The van der Waals surface area contributed by atoms with Gasteiger partial charge >= 0.3 is 6.03 Å². The number of para-hydroxylation sites is 1. The van der Waals surface area contributed by atoms with Gasteiger partial charge in [-0.3, -0.25) is 4.79 Å². The van der Waals surface area contributed by atoms with Gasteiger partial charge in [-0.2, -0.15) is 0 Å². The lowest BCUT2D eigenvalue weighted by molar-refractivity contribution is -0.140. The number of fused-ring (bicyclic) bond motifs is 1. The number of ether oxygens (including phenoxy) is 2. The summed E-state index contributed by atoms with van der Waals surface area (Å²) >= 11 is 0. The zero-order valence-corrected chi connectivity index (χ0v) is 23.6. The highest BCUT2D eigenvalue weighted by atomic mass is 16.5. The average molecular weight is 559 g/mol. The summed E-state index contributed by atoms with van der Waals surface area (Å²) in [5.41, 5.74) is -0.0220. The first-order valence-corrected chi connectivity index (χ1v) is 14.1. The van der Waals surface area contributed by atoms with Crippen molar-refractivity contribution in [2.45, 2.75) is 31.4 Å². The van der Waals surface area contributed by atoms with Gasteiger partial charge in [-0.05, 0) is 75.0 Å². The van der Waals surface area contributed by atoms with Crippen LogP contribution in [0.1, 0.15) is 30.4 Å². The largest absolute Gasteiger partial charge is 0.497 e. The quantitative estimate of drug-likeness (QED) is 0.320. The molecule has 0 aliphatic carbocycles. The summed E-state index contributed by atoms with van der Waals surface area (Å²) in [5, 5.41) is 17.7. The summed E-state index contributed by atoms with van der Waals surface area (Å²) in [4.78, 5) is 30.6. The van der Waals surface area contributed by atoms with Crippen molar-refractivity contribution in [3.63, 3.8) is 0 Å². The number of nitrogens with zero attached hydrogens (tertiary/aromatic N) is 2. The monoisotopic (exact) mass is 558 g/mol. The molecule has 0 radical (unpaired) electrons. The van der Waals surface area contributed by atoms with Crippen molar-refractivity contribution in [3.05, 3.63) is 83.9 Å². The van der Waals surface area contributed by atoms with E-state index in [1.165, 1.54) is 19.8 Å². The number of nitrogens with one attached hydrogen (secondary N) is 2.